The van der Waals surface area contributed by atoms with Gasteiger partial charge in [-0.15, -0.1) is 0 Å². The largest absolute Gasteiger partial charge is 0.483 e. The summed E-state index contributed by atoms with van der Waals surface area (Å²) in [5, 5.41) is 3.17. The van der Waals surface area contributed by atoms with Crippen LogP contribution in [0.15, 0.2) is 60.7 Å². The van der Waals surface area contributed by atoms with Crippen LogP contribution < -0.4 is 10.1 Å². The van der Waals surface area contributed by atoms with Gasteiger partial charge in [0.05, 0.1) is 18.7 Å². The Balaban J connectivity index is 1.76. The molecule has 0 spiro atoms. The van der Waals surface area contributed by atoms with Gasteiger partial charge in [0.25, 0.3) is 5.91 Å². The number of ether oxygens (including phenoxy) is 2. The average molecular weight is 460 g/mol. The van der Waals surface area contributed by atoms with Gasteiger partial charge < -0.3 is 14.8 Å². The Morgan fingerprint density at radius 2 is 1.69 bits per heavy atom. The molecule has 166 valence electrons. The van der Waals surface area contributed by atoms with Crippen LogP contribution in [0, 0.1) is 11.6 Å². The molecule has 0 aliphatic carbocycles. The second-order valence-electron chi connectivity index (χ2n) is 6.95. The van der Waals surface area contributed by atoms with Gasteiger partial charge in [0.1, 0.15) is 6.61 Å². The van der Waals surface area contributed by atoms with Crippen LogP contribution in [0.5, 0.6) is 5.75 Å². The summed E-state index contributed by atoms with van der Waals surface area (Å²) in [4.78, 5) is 24.5. The van der Waals surface area contributed by atoms with Crippen molar-refractivity contribution in [1.82, 2.24) is 5.32 Å². The molecule has 0 unspecified atom stereocenters. The highest BCUT2D eigenvalue weighted by Crippen LogP contribution is 2.24. The molecule has 0 saturated heterocycles. The predicted molar refractivity (Wildman–Crippen MR) is 116 cm³/mol. The smallest absolute Gasteiger partial charge is 0.337 e. The first-order chi connectivity index (χ1) is 15.3. The molecule has 3 rings (SSSR count). The van der Waals surface area contributed by atoms with Crippen LogP contribution in [0.3, 0.4) is 0 Å². The standard InChI is InChI=1S/C24H20ClF2NO4/c1-14(15-6-8-16(9-7-15)24(30)31-2)28-23(29)19-12-18(25)11-10-17(19)13-32-22-20(26)4-3-5-21(22)27/h3-12,14H,13H2,1-2H3,(H,28,29)/t14-/m0/s1. The van der Waals surface area contributed by atoms with Crippen LogP contribution in [0.1, 0.15) is 44.8 Å². The third-order valence-corrected chi connectivity index (χ3v) is 5.02. The summed E-state index contributed by atoms with van der Waals surface area (Å²) < 4.78 is 37.7. The number of benzene rings is 3. The summed E-state index contributed by atoms with van der Waals surface area (Å²) >= 11 is 6.06. The molecule has 0 fully saturated rings. The van der Waals surface area contributed by atoms with Crippen molar-refractivity contribution in [3.8, 4) is 5.75 Å². The van der Waals surface area contributed by atoms with Crippen molar-refractivity contribution in [3.05, 3.63) is 99.6 Å². The van der Waals surface area contributed by atoms with Crippen LogP contribution in [0.4, 0.5) is 8.78 Å². The second kappa shape index (κ2) is 10.2. The maximum Gasteiger partial charge on any atom is 0.337 e. The van der Waals surface area contributed by atoms with Gasteiger partial charge in [0.15, 0.2) is 17.4 Å². The van der Waals surface area contributed by atoms with E-state index < -0.39 is 35.3 Å². The van der Waals surface area contributed by atoms with Crippen molar-refractivity contribution in [1.29, 1.82) is 0 Å². The van der Waals surface area contributed by atoms with Gasteiger partial charge in [-0.2, -0.15) is 0 Å². The zero-order chi connectivity index (χ0) is 23.3. The van der Waals surface area contributed by atoms with Gasteiger partial charge in [-0.05, 0) is 48.9 Å². The zero-order valence-electron chi connectivity index (χ0n) is 17.3. The number of carbonyl (C=O) groups excluding carboxylic acids is 2. The SMILES string of the molecule is COC(=O)c1ccc([C@H](C)NC(=O)c2cc(Cl)ccc2COc2c(F)cccc2F)cc1. The van der Waals surface area contributed by atoms with E-state index in [4.69, 9.17) is 16.3 Å². The number of esters is 1. The number of para-hydroxylation sites is 1. The topological polar surface area (TPSA) is 64.6 Å². The summed E-state index contributed by atoms with van der Waals surface area (Å²) in [6.45, 7) is 1.54. The number of amides is 1. The summed E-state index contributed by atoms with van der Waals surface area (Å²) in [6, 6.07) is 14.2. The summed E-state index contributed by atoms with van der Waals surface area (Å²) in [7, 11) is 1.30. The Labute approximate surface area is 188 Å². The van der Waals surface area contributed by atoms with E-state index in [-0.39, 0.29) is 12.2 Å². The lowest BCUT2D eigenvalue weighted by molar-refractivity contribution is 0.0600. The Bertz CT molecular complexity index is 1120. The molecule has 0 aromatic heterocycles. The Morgan fingerprint density at radius 3 is 2.31 bits per heavy atom. The van der Waals surface area contributed by atoms with Gasteiger partial charge in [-0.1, -0.05) is 35.9 Å². The van der Waals surface area contributed by atoms with Gasteiger partial charge in [-0.3, -0.25) is 4.79 Å². The van der Waals surface area contributed by atoms with E-state index in [0.717, 1.165) is 17.7 Å². The molecule has 0 aliphatic rings. The van der Waals surface area contributed by atoms with Gasteiger partial charge >= 0.3 is 5.97 Å². The minimum atomic E-state index is -0.839. The van der Waals surface area contributed by atoms with E-state index in [1.54, 1.807) is 43.3 Å². The highest BCUT2D eigenvalue weighted by Gasteiger charge is 2.18. The molecule has 32 heavy (non-hydrogen) atoms. The number of rotatable bonds is 7. The van der Waals surface area contributed by atoms with Crippen molar-refractivity contribution >= 4 is 23.5 Å². The lowest BCUT2D eigenvalue weighted by Crippen LogP contribution is -2.28. The van der Waals surface area contributed by atoms with E-state index in [9.17, 15) is 18.4 Å². The summed E-state index contributed by atoms with van der Waals surface area (Å²) in [5.41, 5.74) is 1.78. The molecule has 3 aromatic carbocycles. The molecule has 0 radical (unpaired) electrons. The van der Waals surface area contributed by atoms with Crippen LogP contribution in [-0.2, 0) is 11.3 Å². The highest BCUT2D eigenvalue weighted by atomic mass is 35.5. The minimum absolute atomic E-state index is 0.215. The summed E-state index contributed by atoms with van der Waals surface area (Å²) in [5.74, 6) is -3.09. The molecule has 0 saturated carbocycles. The van der Waals surface area contributed by atoms with E-state index in [2.05, 4.69) is 10.1 Å². The fraction of sp³-hybridized carbons (Fsp3) is 0.167. The van der Waals surface area contributed by atoms with Crippen molar-refractivity contribution in [2.45, 2.75) is 19.6 Å². The minimum Gasteiger partial charge on any atom is -0.483 e. The average Bonchev–Trinajstić information content (AvgIpc) is 2.79. The van der Waals surface area contributed by atoms with Crippen LogP contribution in [0.2, 0.25) is 5.02 Å². The molecular formula is C24H20ClF2NO4. The lowest BCUT2D eigenvalue weighted by Gasteiger charge is -2.17. The van der Waals surface area contributed by atoms with Crippen LogP contribution in [-0.4, -0.2) is 19.0 Å². The number of methoxy groups -OCH3 is 1. The van der Waals surface area contributed by atoms with E-state index in [1.807, 2.05) is 0 Å². The number of hydrogen-bond acceptors (Lipinski definition) is 4. The number of hydrogen-bond donors (Lipinski definition) is 1. The first-order valence-electron chi connectivity index (χ1n) is 9.64. The number of nitrogens with one attached hydrogen (secondary N) is 1. The van der Waals surface area contributed by atoms with Crippen molar-refractivity contribution in [2.75, 3.05) is 7.11 Å². The molecule has 1 amide bonds. The molecule has 0 heterocycles. The quantitative estimate of drug-likeness (QED) is 0.475. The van der Waals surface area contributed by atoms with Crippen molar-refractivity contribution < 1.29 is 27.8 Å². The molecule has 3 aromatic rings. The molecular weight excluding hydrogens is 440 g/mol. The Morgan fingerprint density at radius 1 is 1.03 bits per heavy atom. The highest BCUT2D eigenvalue weighted by molar-refractivity contribution is 6.31. The van der Waals surface area contributed by atoms with E-state index in [0.29, 0.717) is 16.1 Å². The maximum atomic E-state index is 13.8. The van der Waals surface area contributed by atoms with Gasteiger partial charge in [-0.25, -0.2) is 13.6 Å². The molecule has 0 bridgehead atoms. The number of carbonyl (C=O) groups is 2. The van der Waals surface area contributed by atoms with Gasteiger partial charge in [0.2, 0.25) is 0 Å². The fourth-order valence-corrected chi connectivity index (χ4v) is 3.21. The van der Waals surface area contributed by atoms with Crippen LogP contribution >= 0.6 is 11.6 Å². The molecule has 5 nitrogen and oxygen atoms in total. The van der Waals surface area contributed by atoms with E-state index >= 15 is 0 Å². The van der Waals surface area contributed by atoms with Crippen molar-refractivity contribution in [3.63, 3.8) is 0 Å². The second-order valence-corrected chi connectivity index (χ2v) is 7.39. The fourth-order valence-electron chi connectivity index (χ4n) is 3.04. The van der Waals surface area contributed by atoms with Crippen LogP contribution in [0.25, 0.3) is 0 Å². The van der Waals surface area contributed by atoms with E-state index in [1.165, 1.54) is 19.2 Å². The number of halogens is 3. The predicted octanol–water partition coefficient (Wildman–Crippen LogP) is 5.47. The Kier molecular flexibility index (Phi) is 7.43. The summed E-state index contributed by atoms with van der Waals surface area (Å²) in [6.07, 6.45) is 0. The Hall–Kier alpha value is -3.45. The first-order valence-corrected chi connectivity index (χ1v) is 10.0. The molecule has 1 N–H and O–H groups in total. The molecule has 8 heteroatoms. The first kappa shape index (κ1) is 23.2. The maximum absolute atomic E-state index is 13.8. The third-order valence-electron chi connectivity index (χ3n) is 4.79. The third kappa shape index (κ3) is 5.42. The van der Waals surface area contributed by atoms with Crippen molar-refractivity contribution in [2.24, 2.45) is 0 Å². The lowest BCUT2D eigenvalue weighted by atomic mass is 10.0. The normalized spacial score (nSPS) is 11.5. The molecule has 1 atom stereocenters. The zero-order valence-corrected chi connectivity index (χ0v) is 18.1. The molecule has 0 aliphatic heterocycles. The monoisotopic (exact) mass is 459 g/mol. The van der Waals surface area contributed by atoms with Gasteiger partial charge in [0, 0.05) is 16.1 Å².